The second kappa shape index (κ2) is 6.33. The van der Waals surface area contributed by atoms with Crippen LogP contribution in [0.3, 0.4) is 0 Å². The van der Waals surface area contributed by atoms with Crippen LogP contribution in [0.2, 0.25) is 0 Å². The van der Waals surface area contributed by atoms with Gasteiger partial charge in [-0.15, -0.1) is 0 Å². The van der Waals surface area contributed by atoms with Crippen LogP contribution in [0.1, 0.15) is 5.69 Å². The summed E-state index contributed by atoms with van der Waals surface area (Å²) in [5.74, 6) is 0.579. The van der Waals surface area contributed by atoms with Crippen molar-refractivity contribution in [2.45, 2.75) is 6.54 Å². The topological polar surface area (TPSA) is 73.5 Å². The Morgan fingerprint density at radius 2 is 1.54 bits per heavy atom. The first-order valence-electron chi connectivity index (χ1n) is 7.58. The SMILES string of the molecule is c1ccc(-n2ccc(CNc3nnnn3-c3ccccc3)n2)cc1. The number of nitrogens with zero attached hydrogens (tertiary/aromatic N) is 6. The highest BCUT2D eigenvalue weighted by Gasteiger charge is 2.08. The first-order valence-corrected chi connectivity index (χ1v) is 7.58. The van der Waals surface area contributed by atoms with Gasteiger partial charge in [-0.05, 0) is 40.8 Å². The molecule has 7 nitrogen and oxygen atoms in total. The van der Waals surface area contributed by atoms with E-state index in [4.69, 9.17) is 0 Å². The van der Waals surface area contributed by atoms with Gasteiger partial charge >= 0.3 is 0 Å². The molecule has 2 aromatic heterocycles. The summed E-state index contributed by atoms with van der Waals surface area (Å²) < 4.78 is 3.51. The van der Waals surface area contributed by atoms with E-state index in [0.717, 1.165) is 17.1 Å². The zero-order valence-electron chi connectivity index (χ0n) is 12.8. The lowest BCUT2D eigenvalue weighted by molar-refractivity contribution is 0.787. The standard InChI is InChI=1S/C17H15N7/c1-3-7-15(8-4-1)23-12-11-14(20-23)13-18-17-19-21-22-24(17)16-9-5-2-6-10-16/h1-12H,13H2,(H,18,19,22). The third-order valence-corrected chi connectivity index (χ3v) is 3.56. The van der Waals surface area contributed by atoms with Gasteiger partial charge in [-0.1, -0.05) is 41.5 Å². The van der Waals surface area contributed by atoms with Crippen molar-refractivity contribution in [3.63, 3.8) is 0 Å². The van der Waals surface area contributed by atoms with Crippen LogP contribution in [0, 0.1) is 0 Å². The Hall–Kier alpha value is -3.48. The van der Waals surface area contributed by atoms with E-state index in [1.54, 1.807) is 4.68 Å². The van der Waals surface area contributed by atoms with Crippen LogP contribution in [0.15, 0.2) is 72.9 Å². The van der Waals surface area contributed by atoms with Crippen molar-refractivity contribution in [2.24, 2.45) is 0 Å². The Kier molecular flexibility index (Phi) is 3.73. The molecule has 0 unspecified atom stereocenters. The van der Waals surface area contributed by atoms with Gasteiger partial charge in [-0.3, -0.25) is 0 Å². The fourth-order valence-electron chi connectivity index (χ4n) is 2.39. The molecular weight excluding hydrogens is 302 g/mol. The van der Waals surface area contributed by atoms with E-state index in [9.17, 15) is 0 Å². The molecule has 2 heterocycles. The van der Waals surface area contributed by atoms with Gasteiger partial charge in [0.15, 0.2) is 0 Å². The molecule has 0 spiro atoms. The highest BCUT2D eigenvalue weighted by molar-refractivity contribution is 5.38. The van der Waals surface area contributed by atoms with E-state index >= 15 is 0 Å². The average molecular weight is 317 g/mol. The van der Waals surface area contributed by atoms with Crippen LogP contribution in [0.25, 0.3) is 11.4 Å². The molecule has 0 saturated heterocycles. The van der Waals surface area contributed by atoms with Gasteiger partial charge in [0.05, 0.1) is 23.6 Å². The van der Waals surface area contributed by atoms with Crippen LogP contribution in [-0.4, -0.2) is 30.0 Å². The van der Waals surface area contributed by atoms with E-state index in [0.29, 0.717) is 12.5 Å². The van der Waals surface area contributed by atoms with Crippen LogP contribution in [-0.2, 0) is 6.54 Å². The zero-order valence-corrected chi connectivity index (χ0v) is 12.8. The van der Waals surface area contributed by atoms with Crippen LogP contribution >= 0.6 is 0 Å². The third kappa shape index (κ3) is 2.87. The molecule has 0 atom stereocenters. The number of rotatable bonds is 5. The second-order valence-electron chi connectivity index (χ2n) is 5.19. The maximum atomic E-state index is 4.56. The van der Waals surface area contributed by atoms with Gasteiger partial charge in [-0.2, -0.15) is 9.78 Å². The molecule has 118 valence electrons. The first kappa shape index (κ1) is 14.1. The molecule has 0 aliphatic rings. The van der Waals surface area contributed by atoms with Crippen molar-refractivity contribution in [1.82, 2.24) is 30.0 Å². The molecule has 2 aromatic carbocycles. The minimum Gasteiger partial charge on any atom is -0.347 e. The number of hydrogen-bond acceptors (Lipinski definition) is 5. The summed E-state index contributed by atoms with van der Waals surface area (Å²) in [7, 11) is 0. The average Bonchev–Trinajstić information content (AvgIpc) is 3.31. The first-order chi connectivity index (χ1) is 11.9. The fourth-order valence-corrected chi connectivity index (χ4v) is 2.39. The molecular formula is C17H15N7. The number of nitrogens with one attached hydrogen (secondary N) is 1. The normalized spacial score (nSPS) is 10.7. The predicted octanol–water partition coefficient (Wildman–Crippen LogP) is 2.46. The molecule has 0 aliphatic carbocycles. The van der Waals surface area contributed by atoms with Crippen molar-refractivity contribution in [3.05, 3.63) is 78.6 Å². The second-order valence-corrected chi connectivity index (χ2v) is 5.19. The predicted molar refractivity (Wildman–Crippen MR) is 90.0 cm³/mol. The van der Waals surface area contributed by atoms with Gasteiger partial charge in [0.25, 0.3) is 0 Å². The molecule has 0 radical (unpaired) electrons. The molecule has 0 amide bonds. The molecule has 1 N–H and O–H groups in total. The Bertz CT molecular complexity index is 912. The summed E-state index contributed by atoms with van der Waals surface area (Å²) in [5, 5.41) is 19.6. The molecule has 0 saturated carbocycles. The maximum Gasteiger partial charge on any atom is 0.248 e. The monoisotopic (exact) mass is 317 g/mol. The van der Waals surface area contributed by atoms with Crippen molar-refractivity contribution in [1.29, 1.82) is 0 Å². The lowest BCUT2D eigenvalue weighted by Crippen LogP contribution is -2.08. The molecule has 4 rings (SSSR count). The van der Waals surface area contributed by atoms with Crippen LogP contribution < -0.4 is 5.32 Å². The van der Waals surface area contributed by atoms with Crippen molar-refractivity contribution < 1.29 is 0 Å². The fraction of sp³-hybridized carbons (Fsp3) is 0.0588. The molecule has 7 heteroatoms. The molecule has 0 fully saturated rings. The lowest BCUT2D eigenvalue weighted by Gasteiger charge is -2.05. The largest absolute Gasteiger partial charge is 0.347 e. The molecule has 4 aromatic rings. The van der Waals surface area contributed by atoms with E-state index in [1.807, 2.05) is 77.6 Å². The summed E-state index contributed by atoms with van der Waals surface area (Å²) >= 11 is 0. The van der Waals surface area contributed by atoms with Crippen molar-refractivity contribution in [2.75, 3.05) is 5.32 Å². The van der Waals surface area contributed by atoms with Gasteiger partial charge in [0.1, 0.15) is 0 Å². The van der Waals surface area contributed by atoms with Gasteiger partial charge in [-0.25, -0.2) is 4.68 Å². The van der Waals surface area contributed by atoms with Gasteiger partial charge in [0.2, 0.25) is 5.95 Å². The minimum absolute atomic E-state index is 0.535. The number of tetrazole rings is 1. The van der Waals surface area contributed by atoms with E-state index in [-0.39, 0.29) is 0 Å². The summed E-state index contributed by atoms with van der Waals surface area (Å²) in [5.41, 5.74) is 2.83. The summed E-state index contributed by atoms with van der Waals surface area (Å²) in [6.07, 6.45) is 1.94. The lowest BCUT2D eigenvalue weighted by atomic mass is 10.3. The molecule has 0 aliphatic heterocycles. The maximum absolute atomic E-state index is 4.56. The smallest absolute Gasteiger partial charge is 0.248 e. The Labute approximate surface area is 138 Å². The van der Waals surface area contributed by atoms with Crippen molar-refractivity contribution >= 4 is 5.95 Å². The van der Waals surface area contributed by atoms with Crippen molar-refractivity contribution in [3.8, 4) is 11.4 Å². The Balaban J connectivity index is 1.49. The highest BCUT2D eigenvalue weighted by Crippen LogP contribution is 2.12. The van der Waals surface area contributed by atoms with E-state index in [1.165, 1.54) is 0 Å². The zero-order chi connectivity index (χ0) is 16.2. The highest BCUT2D eigenvalue weighted by atomic mass is 15.6. The van der Waals surface area contributed by atoms with E-state index < -0.39 is 0 Å². The van der Waals surface area contributed by atoms with Gasteiger partial charge < -0.3 is 5.32 Å². The van der Waals surface area contributed by atoms with Crippen LogP contribution in [0.4, 0.5) is 5.95 Å². The Morgan fingerprint density at radius 1 is 0.833 bits per heavy atom. The van der Waals surface area contributed by atoms with E-state index in [2.05, 4.69) is 25.9 Å². The number of anilines is 1. The number of para-hydroxylation sites is 2. The number of aromatic nitrogens is 6. The molecule has 24 heavy (non-hydrogen) atoms. The quantitative estimate of drug-likeness (QED) is 0.612. The van der Waals surface area contributed by atoms with Crippen LogP contribution in [0.5, 0.6) is 0 Å². The Morgan fingerprint density at radius 3 is 2.29 bits per heavy atom. The molecule has 0 bridgehead atoms. The summed E-state index contributed by atoms with van der Waals surface area (Å²) in [4.78, 5) is 0. The third-order valence-electron chi connectivity index (χ3n) is 3.56. The number of hydrogen-bond donors (Lipinski definition) is 1. The minimum atomic E-state index is 0.535. The summed E-state index contributed by atoms with van der Waals surface area (Å²) in [6.45, 7) is 0.535. The van der Waals surface area contributed by atoms with Gasteiger partial charge in [0, 0.05) is 6.20 Å². The summed E-state index contributed by atoms with van der Waals surface area (Å²) in [6, 6.07) is 21.7. The number of benzene rings is 2.